The van der Waals surface area contributed by atoms with Gasteiger partial charge in [-0.15, -0.1) is 0 Å². The number of carbonyl (C=O) groups excluding carboxylic acids is 2. The summed E-state index contributed by atoms with van der Waals surface area (Å²) in [5.41, 5.74) is 5.55. The van der Waals surface area contributed by atoms with Crippen molar-refractivity contribution in [1.29, 1.82) is 0 Å². The number of benzene rings is 1. The number of hydrogen-bond acceptors (Lipinski definition) is 4. The third-order valence-corrected chi connectivity index (χ3v) is 2.49. The highest BCUT2D eigenvalue weighted by atomic mass is 19.1. The van der Waals surface area contributed by atoms with E-state index in [4.69, 9.17) is 10.5 Å². The van der Waals surface area contributed by atoms with Crippen molar-refractivity contribution in [3.05, 3.63) is 29.6 Å². The molecule has 0 unspecified atom stereocenters. The fourth-order valence-corrected chi connectivity index (χ4v) is 1.67. The maximum Gasteiger partial charge on any atom is 0.259 e. The number of nitrogens with zero attached hydrogens (tertiary/aromatic N) is 1. The van der Waals surface area contributed by atoms with Crippen molar-refractivity contribution in [2.75, 3.05) is 24.7 Å². The molecule has 2 amide bonds. The van der Waals surface area contributed by atoms with E-state index in [1.165, 1.54) is 12.1 Å². The van der Waals surface area contributed by atoms with Crippen LogP contribution >= 0.6 is 0 Å². The Kier molecular flexibility index (Phi) is 3.90. The van der Waals surface area contributed by atoms with E-state index < -0.39 is 17.6 Å². The minimum atomic E-state index is -0.606. The van der Waals surface area contributed by atoms with E-state index in [9.17, 15) is 14.0 Å². The summed E-state index contributed by atoms with van der Waals surface area (Å²) in [7, 11) is 0. The van der Waals surface area contributed by atoms with Gasteiger partial charge < -0.3 is 10.5 Å². The minimum Gasteiger partial charge on any atom is -0.362 e. The van der Waals surface area contributed by atoms with Crippen LogP contribution in [0.15, 0.2) is 18.2 Å². The maximum absolute atomic E-state index is 13.8. The number of amides is 2. The molecule has 2 rings (SSSR count). The Hall–Kier alpha value is -2.23. The van der Waals surface area contributed by atoms with Gasteiger partial charge in [0.1, 0.15) is 19.0 Å². The molecule has 1 aromatic rings. The van der Waals surface area contributed by atoms with E-state index in [-0.39, 0.29) is 31.0 Å². The van der Waals surface area contributed by atoms with Gasteiger partial charge in [0.2, 0.25) is 0 Å². The summed E-state index contributed by atoms with van der Waals surface area (Å²) in [5.74, 6) is 3.45. The van der Waals surface area contributed by atoms with Crippen molar-refractivity contribution in [2.45, 2.75) is 0 Å². The van der Waals surface area contributed by atoms with Crippen LogP contribution < -0.4 is 10.6 Å². The van der Waals surface area contributed by atoms with Crippen LogP contribution in [0.5, 0.6) is 0 Å². The molecule has 1 aliphatic rings. The highest BCUT2D eigenvalue weighted by molar-refractivity contribution is 6.17. The molecule has 5 nitrogen and oxygen atoms in total. The Morgan fingerprint density at radius 2 is 2.00 bits per heavy atom. The molecule has 0 spiro atoms. The molecule has 0 aliphatic carbocycles. The molecule has 6 heteroatoms. The Morgan fingerprint density at radius 1 is 1.32 bits per heavy atom. The molecule has 0 radical (unpaired) electrons. The lowest BCUT2D eigenvalue weighted by molar-refractivity contribution is -0.138. The van der Waals surface area contributed by atoms with Gasteiger partial charge in [-0.2, -0.15) is 0 Å². The summed E-state index contributed by atoms with van der Waals surface area (Å²) < 4.78 is 18.5. The van der Waals surface area contributed by atoms with Gasteiger partial charge in [-0.3, -0.25) is 9.59 Å². The highest BCUT2D eigenvalue weighted by Crippen LogP contribution is 2.20. The molecule has 1 fully saturated rings. The summed E-state index contributed by atoms with van der Waals surface area (Å²) in [6.07, 6.45) is 0. The Labute approximate surface area is 109 Å². The number of rotatable bonds is 1. The zero-order valence-corrected chi connectivity index (χ0v) is 9.98. The number of nitrogens with two attached hydrogens (primary N) is 1. The molecular formula is C13H11FN2O3. The van der Waals surface area contributed by atoms with Gasteiger partial charge in [0.05, 0.1) is 17.8 Å². The number of morpholine rings is 1. The van der Waals surface area contributed by atoms with Crippen LogP contribution in [0.3, 0.4) is 0 Å². The maximum atomic E-state index is 13.8. The summed E-state index contributed by atoms with van der Waals surface area (Å²) in [5, 5.41) is 0. The lowest BCUT2D eigenvalue weighted by Crippen LogP contribution is -2.46. The quantitative estimate of drug-likeness (QED) is 0.572. The molecule has 1 aliphatic heterocycles. The number of anilines is 1. The van der Waals surface area contributed by atoms with E-state index in [1.807, 2.05) is 0 Å². The highest BCUT2D eigenvalue weighted by Gasteiger charge is 2.28. The van der Waals surface area contributed by atoms with Crippen LogP contribution in [0.1, 0.15) is 5.56 Å². The first-order valence-electron chi connectivity index (χ1n) is 5.55. The normalized spacial score (nSPS) is 15.2. The predicted molar refractivity (Wildman–Crippen MR) is 65.6 cm³/mol. The van der Waals surface area contributed by atoms with E-state index in [0.29, 0.717) is 0 Å². The standard InChI is InChI=1S/C13H11FN2O3/c14-11-6-10(4-3-9(11)2-1-5-15)16-12(17)7-19-8-13(16)18/h3-4,6H,5,7-8,15H2. The fourth-order valence-electron chi connectivity index (χ4n) is 1.67. The van der Waals surface area contributed by atoms with Gasteiger partial charge in [0.25, 0.3) is 11.8 Å². The van der Waals surface area contributed by atoms with Crippen molar-refractivity contribution in [2.24, 2.45) is 5.73 Å². The Morgan fingerprint density at radius 3 is 2.58 bits per heavy atom. The number of carbonyl (C=O) groups is 2. The second-order valence-corrected chi connectivity index (χ2v) is 3.79. The monoisotopic (exact) mass is 262 g/mol. The number of halogens is 1. The minimum absolute atomic E-state index is 0.127. The summed E-state index contributed by atoms with van der Waals surface area (Å²) >= 11 is 0. The SMILES string of the molecule is NCC#Cc1ccc(N2C(=O)COCC2=O)cc1F. The predicted octanol–water partition coefficient (Wildman–Crippen LogP) is 0.0257. The number of imide groups is 1. The summed E-state index contributed by atoms with van der Waals surface area (Å²) in [6.45, 7) is -0.258. The topological polar surface area (TPSA) is 72.6 Å². The zero-order valence-electron chi connectivity index (χ0n) is 9.98. The molecular weight excluding hydrogens is 251 g/mol. The molecule has 2 N–H and O–H groups in total. The molecule has 1 aromatic carbocycles. The van der Waals surface area contributed by atoms with E-state index in [0.717, 1.165) is 11.0 Å². The van der Waals surface area contributed by atoms with Gasteiger partial charge in [0, 0.05) is 0 Å². The van der Waals surface area contributed by atoms with Crippen LogP contribution in [0.2, 0.25) is 0 Å². The van der Waals surface area contributed by atoms with Crippen molar-refractivity contribution in [1.82, 2.24) is 0 Å². The molecule has 0 saturated carbocycles. The average molecular weight is 262 g/mol. The Balaban J connectivity index is 2.33. The van der Waals surface area contributed by atoms with Crippen molar-refractivity contribution < 1.29 is 18.7 Å². The molecule has 0 aromatic heterocycles. The van der Waals surface area contributed by atoms with Gasteiger partial charge in [0.15, 0.2) is 0 Å². The number of ether oxygens (including phenoxy) is 1. The molecule has 1 saturated heterocycles. The molecule has 98 valence electrons. The van der Waals surface area contributed by atoms with Gasteiger partial charge in [-0.05, 0) is 18.2 Å². The third-order valence-electron chi connectivity index (χ3n) is 2.49. The van der Waals surface area contributed by atoms with E-state index in [2.05, 4.69) is 11.8 Å². The van der Waals surface area contributed by atoms with Crippen molar-refractivity contribution in [3.8, 4) is 11.8 Å². The molecule has 1 heterocycles. The zero-order chi connectivity index (χ0) is 13.8. The summed E-state index contributed by atoms with van der Waals surface area (Å²) in [6, 6.07) is 3.97. The lowest BCUT2D eigenvalue weighted by Gasteiger charge is -2.24. The van der Waals surface area contributed by atoms with Crippen LogP contribution in [0.4, 0.5) is 10.1 Å². The van der Waals surface area contributed by atoms with Crippen LogP contribution in [0, 0.1) is 17.7 Å². The molecule has 0 atom stereocenters. The average Bonchev–Trinajstić information content (AvgIpc) is 2.37. The van der Waals surface area contributed by atoms with Gasteiger partial charge in [-0.1, -0.05) is 11.8 Å². The smallest absolute Gasteiger partial charge is 0.259 e. The first kappa shape index (κ1) is 13.2. The second kappa shape index (κ2) is 5.61. The summed E-state index contributed by atoms with van der Waals surface area (Å²) in [4.78, 5) is 24.1. The van der Waals surface area contributed by atoms with Gasteiger partial charge >= 0.3 is 0 Å². The van der Waals surface area contributed by atoms with E-state index in [1.54, 1.807) is 0 Å². The lowest BCUT2D eigenvalue weighted by atomic mass is 10.1. The first-order chi connectivity index (χ1) is 9.13. The van der Waals surface area contributed by atoms with Crippen LogP contribution in [-0.4, -0.2) is 31.6 Å². The third kappa shape index (κ3) is 2.78. The second-order valence-electron chi connectivity index (χ2n) is 3.79. The van der Waals surface area contributed by atoms with Crippen molar-refractivity contribution in [3.63, 3.8) is 0 Å². The molecule has 19 heavy (non-hydrogen) atoms. The van der Waals surface area contributed by atoms with E-state index >= 15 is 0 Å². The fraction of sp³-hybridized carbons (Fsp3) is 0.231. The number of hydrogen-bond donors (Lipinski definition) is 1. The van der Waals surface area contributed by atoms with Crippen LogP contribution in [0.25, 0.3) is 0 Å². The Bertz CT molecular complexity index is 573. The first-order valence-corrected chi connectivity index (χ1v) is 5.55. The largest absolute Gasteiger partial charge is 0.362 e. The van der Waals surface area contributed by atoms with Crippen molar-refractivity contribution >= 4 is 17.5 Å². The molecule has 0 bridgehead atoms. The van der Waals surface area contributed by atoms with Gasteiger partial charge in [-0.25, -0.2) is 9.29 Å². The van der Waals surface area contributed by atoms with Crippen LogP contribution in [-0.2, 0) is 14.3 Å².